The molecule has 2 atom stereocenters. The lowest BCUT2D eigenvalue weighted by atomic mass is 9.90. The highest BCUT2D eigenvalue weighted by Gasteiger charge is 2.61. The quantitative estimate of drug-likeness (QED) is 0.199. The molecule has 210 valence electrons. The average molecular weight is 623 g/mol. The third-order valence-corrected chi connectivity index (χ3v) is 6.44. The highest BCUT2D eigenvalue weighted by atomic mass is 35.5. The third kappa shape index (κ3) is 8.87. The van der Waals surface area contributed by atoms with E-state index >= 15 is 0 Å². The predicted molar refractivity (Wildman–Crippen MR) is 151 cm³/mol. The minimum atomic E-state index is -4.92. The van der Waals surface area contributed by atoms with Gasteiger partial charge in [-0.1, -0.05) is 47.0 Å². The first-order valence-corrected chi connectivity index (χ1v) is 13.6. The van der Waals surface area contributed by atoms with E-state index in [4.69, 9.17) is 46.4 Å². The molecule has 11 heteroatoms. The summed E-state index contributed by atoms with van der Waals surface area (Å²) >= 11 is 22.7. The summed E-state index contributed by atoms with van der Waals surface area (Å²) < 4.78 is 45.4. The summed E-state index contributed by atoms with van der Waals surface area (Å²) in [7, 11) is 0. The van der Waals surface area contributed by atoms with Crippen LogP contribution in [0.2, 0.25) is 10.0 Å². The van der Waals surface area contributed by atoms with Gasteiger partial charge in [0.25, 0.3) is 5.60 Å². The number of hydrogen-bond donors (Lipinski definition) is 2. The Balaban J connectivity index is 0.000000283. The Morgan fingerprint density at radius 2 is 1.59 bits per heavy atom. The molecule has 1 heterocycles. The molecule has 1 amide bonds. The van der Waals surface area contributed by atoms with Crippen molar-refractivity contribution in [3.8, 4) is 23.7 Å². The molecule has 0 saturated carbocycles. The zero-order valence-electron chi connectivity index (χ0n) is 21.1. The molecular weight excluding hydrogens is 597 g/mol. The van der Waals surface area contributed by atoms with Gasteiger partial charge in [-0.2, -0.15) is 13.2 Å². The van der Waals surface area contributed by atoms with E-state index < -0.39 is 23.5 Å². The number of halogens is 7. The fourth-order valence-corrected chi connectivity index (χ4v) is 4.15. The predicted octanol–water partition coefficient (Wildman–Crippen LogP) is 8.56. The van der Waals surface area contributed by atoms with Crippen molar-refractivity contribution in [1.29, 1.82) is 0 Å². The Hall–Kier alpha value is -2.26. The van der Waals surface area contributed by atoms with Crippen LogP contribution < -0.4 is 5.32 Å². The number of cyclic esters (lactones) is 1. The highest BCUT2D eigenvalue weighted by Crippen LogP contribution is 2.47. The summed E-state index contributed by atoms with van der Waals surface area (Å²) in [6.45, 7) is 3.61. The van der Waals surface area contributed by atoms with Crippen LogP contribution in [0.4, 0.5) is 23.7 Å². The summed E-state index contributed by atoms with van der Waals surface area (Å²) in [6.07, 6.45) is -4.03. The van der Waals surface area contributed by atoms with Crippen LogP contribution in [-0.4, -0.2) is 29.1 Å². The molecule has 0 radical (unpaired) electrons. The molecule has 3 rings (SSSR count). The summed E-state index contributed by atoms with van der Waals surface area (Å²) in [5, 5.41) is 13.2. The fraction of sp³-hybridized carbons (Fsp3) is 0.393. The standard InChI is InChI=1S/C14H10Cl2F3NO2.C14H16Cl2O/c15-7-3-1-2-6-13(14(17,18)19)10-8-9(16)4-5-11(10)20-12(21)22-13;1-11-6-7-12(16)10-13(11)14(2,17)8-4-3-5-9-15/h4-5,8H,1,3,7H2,(H,20,21);6-7,10,17H,3,5,9H2,1-2H3. The largest absolute Gasteiger partial charge is 0.445 e. The zero-order chi connectivity index (χ0) is 29.3. The van der Waals surface area contributed by atoms with Crippen molar-refractivity contribution in [3.63, 3.8) is 0 Å². The van der Waals surface area contributed by atoms with Gasteiger partial charge in [0, 0.05) is 40.2 Å². The lowest BCUT2D eigenvalue weighted by molar-refractivity contribution is -0.239. The number of amides is 1. The van der Waals surface area contributed by atoms with Gasteiger partial charge in [-0.25, -0.2) is 4.79 Å². The number of carbonyl (C=O) groups is 1. The Bertz CT molecular complexity index is 1290. The van der Waals surface area contributed by atoms with Gasteiger partial charge in [0.2, 0.25) is 0 Å². The van der Waals surface area contributed by atoms with Crippen LogP contribution >= 0.6 is 46.4 Å². The molecule has 0 fully saturated rings. The molecule has 1 aliphatic rings. The van der Waals surface area contributed by atoms with Crippen molar-refractivity contribution in [3.05, 3.63) is 63.1 Å². The summed E-state index contributed by atoms with van der Waals surface area (Å²) in [5.74, 6) is 11.1. The topological polar surface area (TPSA) is 58.6 Å². The van der Waals surface area contributed by atoms with E-state index in [1.807, 2.05) is 18.9 Å². The van der Waals surface area contributed by atoms with Crippen LogP contribution in [0.5, 0.6) is 0 Å². The molecule has 2 aromatic rings. The number of alkyl halides is 5. The molecule has 2 N–H and O–H groups in total. The van der Waals surface area contributed by atoms with Crippen LogP contribution in [0.15, 0.2) is 36.4 Å². The molecule has 0 spiro atoms. The Labute approximate surface area is 246 Å². The van der Waals surface area contributed by atoms with Crippen molar-refractivity contribution >= 4 is 58.2 Å². The molecule has 39 heavy (non-hydrogen) atoms. The Kier molecular flexibility index (Phi) is 12.2. The van der Waals surface area contributed by atoms with Crippen LogP contribution in [0.3, 0.4) is 0 Å². The number of hydrogen-bond acceptors (Lipinski definition) is 3. The zero-order valence-corrected chi connectivity index (χ0v) is 24.1. The first-order chi connectivity index (χ1) is 18.3. The van der Waals surface area contributed by atoms with Crippen molar-refractivity contribution in [2.45, 2.75) is 56.9 Å². The van der Waals surface area contributed by atoms with Crippen molar-refractivity contribution in [2.75, 3.05) is 17.1 Å². The number of benzene rings is 2. The molecule has 0 bridgehead atoms. The monoisotopic (exact) mass is 621 g/mol. The fourth-order valence-electron chi connectivity index (χ4n) is 3.54. The van der Waals surface area contributed by atoms with Crippen LogP contribution in [0, 0.1) is 30.6 Å². The van der Waals surface area contributed by atoms with E-state index in [2.05, 4.69) is 27.8 Å². The molecule has 0 saturated heterocycles. The number of anilines is 1. The van der Waals surface area contributed by atoms with E-state index in [1.54, 1.807) is 19.1 Å². The lowest BCUT2D eigenvalue weighted by Gasteiger charge is -2.35. The van der Waals surface area contributed by atoms with Crippen LogP contribution in [0.1, 0.15) is 49.3 Å². The van der Waals surface area contributed by atoms with E-state index in [9.17, 15) is 23.1 Å². The van der Waals surface area contributed by atoms with Gasteiger partial charge >= 0.3 is 12.3 Å². The maximum Gasteiger partial charge on any atom is 0.445 e. The smallest absolute Gasteiger partial charge is 0.415 e. The molecular formula is C28H26Cl4F3NO3. The molecule has 0 aliphatic carbocycles. The minimum absolute atomic E-state index is 0.0374. The minimum Gasteiger partial charge on any atom is -0.415 e. The van der Waals surface area contributed by atoms with Gasteiger partial charge in [0.05, 0.1) is 5.69 Å². The van der Waals surface area contributed by atoms with Gasteiger partial charge in [-0.05, 0) is 74.1 Å². The second kappa shape index (κ2) is 14.4. The summed E-state index contributed by atoms with van der Waals surface area (Å²) in [4.78, 5) is 11.5. The number of rotatable bonds is 5. The van der Waals surface area contributed by atoms with Gasteiger partial charge in [0.1, 0.15) is 5.60 Å². The lowest BCUT2D eigenvalue weighted by Crippen LogP contribution is -2.49. The number of nitrogens with one attached hydrogen (secondary N) is 1. The maximum absolute atomic E-state index is 13.6. The van der Waals surface area contributed by atoms with Crippen molar-refractivity contribution in [2.24, 2.45) is 0 Å². The SMILES string of the molecule is Cc1ccc(Cl)cc1C(C)(O)C#CCCCCl.O=C1Nc2ccc(Cl)cc2C(C#CCCCCl)(C(F)(F)F)O1. The average Bonchev–Trinajstić information content (AvgIpc) is 2.86. The van der Waals surface area contributed by atoms with E-state index in [-0.39, 0.29) is 28.6 Å². The van der Waals surface area contributed by atoms with Crippen molar-refractivity contribution in [1.82, 2.24) is 0 Å². The number of aliphatic hydroxyl groups is 1. The maximum atomic E-state index is 13.6. The van der Waals surface area contributed by atoms with Crippen LogP contribution in [-0.2, 0) is 15.9 Å². The molecule has 2 aromatic carbocycles. The van der Waals surface area contributed by atoms with Gasteiger partial charge in [-0.3, -0.25) is 5.32 Å². The Morgan fingerprint density at radius 1 is 1.00 bits per heavy atom. The normalized spacial score (nSPS) is 17.4. The summed E-state index contributed by atoms with van der Waals surface area (Å²) in [5.41, 5.74) is -2.85. The van der Waals surface area contributed by atoms with Gasteiger partial charge in [-0.15, -0.1) is 23.2 Å². The number of fused-ring (bicyclic) bond motifs is 1. The first kappa shape index (κ1) is 32.9. The van der Waals surface area contributed by atoms with Gasteiger partial charge < -0.3 is 9.84 Å². The summed E-state index contributed by atoms with van der Waals surface area (Å²) in [6, 6.07) is 9.17. The third-order valence-electron chi connectivity index (χ3n) is 5.43. The second-order valence-electron chi connectivity index (χ2n) is 8.60. The first-order valence-electron chi connectivity index (χ1n) is 11.7. The van der Waals surface area contributed by atoms with E-state index in [1.165, 1.54) is 12.1 Å². The number of unbranched alkanes of at least 4 members (excludes halogenated alkanes) is 2. The van der Waals surface area contributed by atoms with Crippen LogP contribution in [0.25, 0.3) is 0 Å². The molecule has 2 unspecified atom stereocenters. The number of aryl methyl sites for hydroxylation is 1. The van der Waals surface area contributed by atoms with E-state index in [0.717, 1.165) is 23.6 Å². The number of ether oxygens (including phenoxy) is 1. The second-order valence-corrected chi connectivity index (χ2v) is 10.2. The number of carbonyl (C=O) groups excluding carboxylic acids is 1. The van der Waals surface area contributed by atoms with E-state index in [0.29, 0.717) is 23.7 Å². The van der Waals surface area contributed by atoms with Gasteiger partial charge in [0.15, 0.2) is 0 Å². The molecule has 1 aliphatic heterocycles. The molecule has 4 nitrogen and oxygen atoms in total. The molecule has 0 aromatic heterocycles. The Morgan fingerprint density at radius 3 is 2.21 bits per heavy atom. The highest BCUT2D eigenvalue weighted by molar-refractivity contribution is 6.31. The van der Waals surface area contributed by atoms with Crippen molar-refractivity contribution < 1.29 is 27.8 Å².